The number of ether oxygens (including phenoxy) is 2. The maximum atomic E-state index is 11.3. The quantitative estimate of drug-likeness (QED) is 0.855. The van der Waals surface area contributed by atoms with Crippen LogP contribution < -0.4 is 10.5 Å². The molecule has 0 fully saturated rings. The Morgan fingerprint density at radius 1 is 1.00 bits per heavy atom. The maximum Gasteiger partial charge on any atom is 0.337 e. The first-order valence-electron chi connectivity index (χ1n) is 5.88. The molecule has 2 aromatic rings. The molecule has 19 heavy (non-hydrogen) atoms. The summed E-state index contributed by atoms with van der Waals surface area (Å²) in [5.41, 5.74) is 7.07. The lowest BCUT2D eigenvalue weighted by Gasteiger charge is -2.07. The second kappa shape index (κ2) is 6.02. The molecule has 4 nitrogen and oxygen atoms in total. The number of methoxy groups -OCH3 is 1. The van der Waals surface area contributed by atoms with Crippen molar-refractivity contribution in [3.8, 4) is 11.5 Å². The molecule has 0 atom stereocenters. The summed E-state index contributed by atoms with van der Waals surface area (Å²) >= 11 is 0. The Morgan fingerprint density at radius 3 is 2.00 bits per heavy atom. The van der Waals surface area contributed by atoms with Gasteiger partial charge in [-0.2, -0.15) is 0 Å². The zero-order chi connectivity index (χ0) is 13.7. The number of rotatable bonds is 4. The van der Waals surface area contributed by atoms with Gasteiger partial charge in [-0.1, -0.05) is 12.1 Å². The Balaban J connectivity index is 2.08. The van der Waals surface area contributed by atoms with Crippen molar-refractivity contribution >= 4 is 5.97 Å². The molecule has 0 radical (unpaired) electrons. The van der Waals surface area contributed by atoms with Gasteiger partial charge in [0.15, 0.2) is 0 Å². The molecule has 0 aliphatic carbocycles. The minimum absolute atomic E-state index is 0.362. The Hall–Kier alpha value is -2.33. The fourth-order valence-electron chi connectivity index (χ4n) is 1.61. The summed E-state index contributed by atoms with van der Waals surface area (Å²) in [7, 11) is 1.35. The van der Waals surface area contributed by atoms with Crippen LogP contribution >= 0.6 is 0 Å². The average molecular weight is 257 g/mol. The van der Waals surface area contributed by atoms with E-state index in [0.717, 1.165) is 11.3 Å². The summed E-state index contributed by atoms with van der Waals surface area (Å²) in [6, 6.07) is 14.3. The summed E-state index contributed by atoms with van der Waals surface area (Å²) < 4.78 is 10.3. The molecule has 4 heteroatoms. The van der Waals surface area contributed by atoms with Gasteiger partial charge >= 0.3 is 5.97 Å². The molecule has 0 aliphatic heterocycles. The summed E-state index contributed by atoms with van der Waals surface area (Å²) in [4.78, 5) is 11.3. The van der Waals surface area contributed by atoms with Gasteiger partial charge in [0.25, 0.3) is 0 Å². The maximum absolute atomic E-state index is 11.3. The van der Waals surface area contributed by atoms with E-state index in [1.54, 1.807) is 24.3 Å². The van der Waals surface area contributed by atoms with Crippen molar-refractivity contribution in [3.63, 3.8) is 0 Å². The molecule has 0 heterocycles. The lowest BCUT2D eigenvalue weighted by Crippen LogP contribution is -2.00. The first kappa shape index (κ1) is 13.1. The van der Waals surface area contributed by atoms with Crippen LogP contribution in [0.1, 0.15) is 15.9 Å². The second-order valence-corrected chi connectivity index (χ2v) is 3.97. The third kappa shape index (κ3) is 3.33. The monoisotopic (exact) mass is 257 g/mol. The molecule has 0 saturated heterocycles. The topological polar surface area (TPSA) is 61.5 Å². The number of benzene rings is 2. The predicted octanol–water partition coefficient (Wildman–Crippen LogP) is 2.72. The number of esters is 1. The van der Waals surface area contributed by atoms with Crippen molar-refractivity contribution in [2.75, 3.05) is 7.11 Å². The van der Waals surface area contributed by atoms with Crippen LogP contribution in [-0.2, 0) is 11.3 Å². The fourth-order valence-corrected chi connectivity index (χ4v) is 1.61. The van der Waals surface area contributed by atoms with E-state index in [9.17, 15) is 4.79 Å². The van der Waals surface area contributed by atoms with Crippen molar-refractivity contribution in [2.45, 2.75) is 6.54 Å². The van der Waals surface area contributed by atoms with Crippen LogP contribution in [0.25, 0.3) is 0 Å². The molecule has 0 saturated carbocycles. The smallest absolute Gasteiger partial charge is 0.337 e. The van der Waals surface area contributed by atoms with Gasteiger partial charge in [-0.25, -0.2) is 4.79 Å². The summed E-state index contributed by atoms with van der Waals surface area (Å²) in [5, 5.41) is 0. The van der Waals surface area contributed by atoms with Crippen molar-refractivity contribution in [2.24, 2.45) is 5.73 Å². The highest BCUT2D eigenvalue weighted by molar-refractivity contribution is 5.89. The molecule has 0 unspecified atom stereocenters. The van der Waals surface area contributed by atoms with Gasteiger partial charge in [-0.3, -0.25) is 0 Å². The first-order chi connectivity index (χ1) is 9.22. The first-order valence-corrected chi connectivity index (χ1v) is 5.88. The van der Waals surface area contributed by atoms with E-state index < -0.39 is 0 Å². The largest absolute Gasteiger partial charge is 0.465 e. The SMILES string of the molecule is COC(=O)c1ccc(Oc2ccc(CN)cc2)cc1. The molecule has 0 aromatic heterocycles. The molecular weight excluding hydrogens is 242 g/mol. The second-order valence-electron chi connectivity index (χ2n) is 3.97. The van der Waals surface area contributed by atoms with E-state index in [0.29, 0.717) is 17.9 Å². The van der Waals surface area contributed by atoms with Gasteiger partial charge in [-0.05, 0) is 42.0 Å². The van der Waals surface area contributed by atoms with Gasteiger partial charge in [0.2, 0.25) is 0 Å². The summed E-state index contributed by atoms with van der Waals surface area (Å²) in [6.07, 6.45) is 0. The molecule has 0 aliphatic rings. The van der Waals surface area contributed by atoms with E-state index in [4.69, 9.17) is 10.5 Å². The normalized spacial score (nSPS) is 10.0. The highest BCUT2D eigenvalue weighted by Gasteiger charge is 2.05. The number of carbonyl (C=O) groups excluding carboxylic acids is 1. The van der Waals surface area contributed by atoms with Crippen LogP contribution in [0.5, 0.6) is 11.5 Å². The van der Waals surface area contributed by atoms with E-state index in [-0.39, 0.29) is 5.97 Å². The van der Waals surface area contributed by atoms with Gasteiger partial charge in [0, 0.05) is 6.54 Å². The molecule has 0 spiro atoms. The fraction of sp³-hybridized carbons (Fsp3) is 0.133. The van der Waals surface area contributed by atoms with Crippen LogP contribution in [0.15, 0.2) is 48.5 Å². The lowest BCUT2D eigenvalue weighted by atomic mass is 10.2. The van der Waals surface area contributed by atoms with E-state index in [1.165, 1.54) is 7.11 Å². The van der Waals surface area contributed by atoms with E-state index in [1.807, 2.05) is 24.3 Å². The van der Waals surface area contributed by atoms with Crippen LogP contribution in [0.3, 0.4) is 0 Å². The highest BCUT2D eigenvalue weighted by atomic mass is 16.5. The lowest BCUT2D eigenvalue weighted by molar-refractivity contribution is 0.0600. The number of carbonyl (C=O) groups is 1. The van der Waals surface area contributed by atoms with Crippen molar-refractivity contribution in [1.82, 2.24) is 0 Å². The van der Waals surface area contributed by atoms with Crippen molar-refractivity contribution < 1.29 is 14.3 Å². The number of hydrogen-bond acceptors (Lipinski definition) is 4. The molecule has 2 rings (SSSR count). The van der Waals surface area contributed by atoms with Crippen LogP contribution in [-0.4, -0.2) is 13.1 Å². The molecule has 0 amide bonds. The van der Waals surface area contributed by atoms with Crippen molar-refractivity contribution in [3.05, 3.63) is 59.7 Å². The van der Waals surface area contributed by atoms with Crippen LogP contribution in [0.4, 0.5) is 0 Å². The van der Waals surface area contributed by atoms with Gasteiger partial charge in [0.1, 0.15) is 11.5 Å². The van der Waals surface area contributed by atoms with E-state index >= 15 is 0 Å². The van der Waals surface area contributed by atoms with Gasteiger partial charge in [0.05, 0.1) is 12.7 Å². The third-order valence-electron chi connectivity index (χ3n) is 2.67. The zero-order valence-electron chi connectivity index (χ0n) is 10.6. The third-order valence-corrected chi connectivity index (χ3v) is 2.67. The van der Waals surface area contributed by atoms with Crippen molar-refractivity contribution in [1.29, 1.82) is 0 Å². The Bertz CT molecular complexity index is 547. The van der Waals surface area contributed by atoms with Crippen LogP contribution in [0, 0.1) is 0 Å². The minimum Gasteiger partial charge on any atom is -0.465 e. The molecule has 2 aromatic carbocycles. The van der Waals surface area contributed by atoms with E-state index in [2.05, 4.69) is 4.74 Å². The summed E-state index contributed by atoms with van der Waals surface area (Å²) in [5.74, 6) is 1.02. The average Bonchev–Trinajstić information content (AvgIpc) is 2.48. The van der Waals surface area contributed by atoms with Gasteiger partial charge < -0.3 is 15.2 Å². The Labute approximate surface area is 111 Å². The number of nitrogens with two attached hydrogens (primary N) is 1. The highest BCUT2D eigenvalue weighted by Crippen LogP contribution is 2.22. The van der Waals surface area contributed by atoms with Gasteiger partial charge in [-0.15, -0.1) is 0 Å². The van der Waals surface area contributed by atoms with Crippen LogP contribution in [0.2, 0.25) is 0 Å². The Morgan fingerprint density at radius 2 is 1.53 bits per heavy atom. The molecule has 98 valence electrons. The molecule has 0 bridgehead atoms. The number of hydrogen-bond donors (Lipinski definition) is 1. The minimum atomic E-state index is -0.362. The standard InChI is InChI=1S/C15H15NO3/c1-18-15(17)12-4-8-14(9-5-12)19-13-6-2-11(10-16)3-7-13/h2-9H,10,16H2,1H3. The predicted molar refractivity (Wildman–Crippen MR) is 72.2 cm³/mol. The molecule has 2 N–H and O–H groups in total. The Kier molecular flexibility index (Phi) is 4.15. The molecular formula is C15H15NO3. The summed E-state index contributed by atoms with van der Waals surface area (Å²) in [6.45, 7) is 0.508. The zero-order valence-corrected chi connectivity index (χ0v) is 10.6.